The van der Waals surface area contributed by atoms with Crippen LogP contribution in [0, 0.1) is 5.92 Å². The topological polar surface area (TPSA) is 12.0 Å². The van der Waals surface area contributed by atoms with Gasteiger partial charge in [0.25, 0.3) is 0 Å². The molecule has 0 amide bonds. The van der Waals surface area contributed by atoms with Crippen LogP contribution in [0.15, 0.2) is 16.8 Å². The molecule has 1 nitrogen and oxygen atoms in total. The number of likely N-dealkylation sites (N-methyl/N-ethyl adjacent to an activating group) is 1. The van der Waals surface area contributed by atoms with Crippen molar-refractivity contribution in [1.29, 1.82) is 0 Å². The quantitative estimate of drug-likeness (QED) is 0.852. The fourth-order valence-electron chi connectivity index (χ4n) is 2.80. The molecule has 1 aromatic heterocycles. The Balaban J connectivity index is 1.93. The molecule has 1 aliphatic carbocycles. The number of thiophene rings is 1. The van der Waals surface area contributed by atoms with Crippen molar-refractivity contribution in [2.75, 3.05) is 6.54 Å². The zero-order valence-corrected chi connectivity index (χ0v) is 11.6. The maximum atomic E-state index is 13.2. The molecule has 1 N–H and O–H groups in total. The molecule has 0 radical (unpaired) electrons. The van der Waals surface area contributed by atoms with E-state index in [-0.39, 0.29) is 12.8 Å². The summed E-state index contributed by atoms with van der Waals surface area (Å²) in [6, 6.07) is 2.48. The van der Waals surface area contributed by atoms with Crippen molar-refractivity contribution in [1.82, 2.24) is 5.32 Å². The van der Waals surface area contributed by atoms with Crippen LogP contribution >= 0.6 is 11.3 Å². The molecule has 0 aliphatic heterocycles. The van der Waals surface area contributed by atoms with Crippen LogP contribution in [0.25, 0.3) is 0 Å². The summed E-state index contributed by atoms with van der Waals surface area (Å²) in [5.41, 5.74) is 1.32. The molecule has 18 heavy (non-hydrogen) atoms. The molecule has 1 aromatic rings. The lowest BCUT2D eigenvalue weighted by molar-refractivity contribution is -0.0494. The number of alkyl halides is 2. The molecule has 1 saturated carbocycles. The zero-order valence-electron chi connectivity index (χ0n) is 10.8. The van der Waals surface area contributed by atoms with Crippen molar-refractivity contribution >= 4 is 11.3 Å². The number of hydrogen-bond acceptors (Lipinski definition) is 2. The Morgan fingerprint density at radius 3 is 2.72 bits per heavy atom. The van der Waals surface area contributed by atoms with Crippen molar-refractivity contribution in [2.24, 2.45) is 5.92 Å². The monoisotopic (exact) mass is 273 g/mol. The summed E-state index contributed by atoms with van der Waals surface area (Å²) < 4.78 is 26.4. The summed E-state index contributed by atoms with van der Waals surface area (Å²) in [7, 11) is 0. The summed E-state index contributed by atoms with van der Waals surface area (Å²) >= 11 is 1.70. The van der Waals surface area contributed by atoms with E-state index in [0.29, 0.717) is 24.8 Å². The molecule has 0 saturated heterocycles. The fourth-order valence-corrected chi connectivity index (χ4v) is 3.48. The SMILES string of the molecule is CCNC(Cc1ccsc1)C1CCC(F)(F)CC1. The Morgan fingerprint density at radius 1 is 1.44 bits per heavy atom. The first-order valence-electron chi connectivity index (χ1n) is 6.73. The van der Waals surface area contributed by atoms with Gasteiger partial charge in [-0.3, -0.25) is 0 Å². The van der Waals surface area contributed by atoms with Gasteiger partial charge in [0.1, 0.15) is 0 Å². The summed E-state index contributed by atoms with van der Waals surface area (Å²) in [6.45, 7) is 2.99. The summed E-state index contributed by atoms with van der Waals surface area (Å²) in [5.74, 6) is -2.03. The first-order chi connectivity index (χ1) is 8.61. The van der Waals surface area contributed by atoms with Crippen molar-refractivity contribution in [3.8, 4) is 0 Å². The maximum Gasteiger partial charge on any atom is 0.248 e. The average Bonchev–Trinajstić information content (AvgIpc) is 2.81. The normalized spacial score (nSPS) is 21.9. The lowest BCUT2D eigenvalue weighted by atomic mass is 9.80. The van der Waals surface area contributed by atoms with E-state index in [1.807, 2.05) is 0 Å². The van der Waals surface area contributed by atoms with E-state index >= 15 is 0 Å². The number of nitrogens with one attached hydrogen (secondary N) is 1. The minimum Gasteiger partial charge on any atom is -0.314 e. The lowest BCUT2D eigenvalue weighted by Gasteiger charge is -2.34. The summed E-state index contributed by atoms with van der Waals surface area (Å²) in [5, 5.41) is 7.71. The largest absolute Gasteiger partial charge is 0.314 e. The predicted molar refractivity (Wildman–Crippen MR) is 72.4 cm³/mol. The second kappa shape index (κ2) is 6.11. The zero-order chi connectivity index (χ0) is 13.0. The molecular weight excluding hydrogens is 252 g/mol. The van der Waals surface area contributed by atoms with E-state index in [1.165, 1.54) is 5.56 Å². The molecule has 4 heteroatoms. The van der Waals surface area contributed by atoms with E-state index in [2.05, 4.69) is 29.1 Å². The van der Waals surface area contributed by atoms with E-state index in [0.717, 1.165) is 13.0 Å². The van der Waals surface area contributed by atoms with Gasteiger partial charge in [-0.25, -0.2) is 8.78 Å². The number of hydrogen-bond donors (Lipinski definition) is 1. The molecular formula is C14H21F2NS. The smallest absolute Gasteiger partial charge is 0.248 e. The van der Waals surface area contributed by atoms with Gasteiger partial charge in [-0.1, -0.05) is 6.92 Å². The lowest BCUT2D eigenvalue weighted by Crippen LogP contribution is -2.41. The van der Waals surface area contributed by atoms with Crippen LogP contribution in [0.3, 0.4) is 0 Å². The third kappa shape index (κ3) is 3.75. The highest BCUT2D eigenvalue weighted by atomic mass is 32.1. The third-order valence-electron chi connectivity index (χ3n) is 3.83. The van der Waals surface area contributed by atoms with Crippen LogP contribution in [-0.4, -0.2) is 18.5 Å². The maximum absolute atomic E-state index is 13.2. The first kappa shape index (κ1) is 13.9. The standard InChI is InChI=1S/C14H21F2NS/c1-2-17-13(9-11-5-8-18-10-11)12-3-6-14(15,16)7-4-12/h5,8,10,12-13,17H,2-4,6-7,9H2,1H3. The highest BCUT2D eigenvalue weighted by Crippen LogP contribution is 2.38. The van der Waals surface area contributed by atoms with E-state index in [1.54, 1.807) is 11.3 Å². The fraction of sp³-hybridized carbons (Fsp3) is 0.714. The van der Waals surface area contributed by atoms with E-state index in [4.69, 9.17) is 0 Å². The molecule has 0 spiro atoms. The Labute approximate surface area is 112 Å². The van der Waals surface area contributed by atoms with Crippen molar-refractivity contribution in [3.05, 3.63) is 22.4 Å². The Hall–Kier alpha value is -0.480. The summed E-state index contributed by atoms with van der Waals surface area (Å²) in [4.78, 5) is 0. The van der Waals surface area contributed by atoms with Gasteiger partial charge in [-0.05, 0) is 54.1 Å². The number of rotatable bonds is 5. The number of halogens is 2. The van der Waals surface area contributed by atoms with Crippen LogP contribution in [-0.2, 0) is 6.42 Å². The Bertz CT molecular complexity index is 341. The average molecular weight is 273 g/mol. The molecule has 1 atom stereocenters. The van der Waals surface area contributed by atoms with Crippen molar-refractivity contribution in [2.45, 2.75) is 51.0 Å². The first-order valence-corrected chi connectivity index (χ1v) is 7.67. The summed E-state index contributed by atoms with van der Waals surface area (Å²) in [6.07, 6.45) is 2.38. The molecule has 0 aromatic carbocycles. The van der Waals surface area contributed by atoms with Gasteiger partial charge in [-0.2, -0.15) is 11.3 Å². The minimum absolute atomic E-state index is 0.0587. The van der Waals surface area contributed by atoms with Crippen LogP contribution in [0.5, 0.6) is 0 Å². The van der Waals surface area contributed by atoms with Crippen LogP contribution < -0.4 is 5.32 Å². The molecule has 1 fully saturated rings. The van der Waals surface area contributed by atoms with Gasteiger partial charge in [0.2, 0.25) is 5.92 Å². The third-order valence-corrected chi connectivity index (χ3v) is 4.56. The molecule has 2 rings (SSSR count). The molecule has 1 unspecified atom stereocenters. The van der Waals surface area contributed by atoms with E-state index in [9.17, 15) is 8.78 Å². The predicted octanol–water partition coefficient (Wildman–Crippen LogP) is 4.09. The second-order valence-electron chi connectivity index (χ2n) is 5.19. The molecule has 1 heterocycles. The second-order valence-corrected chi connectivity index (χ2v) is 5.97. The molecule has 102 valence electrons. The molecule has 0 bridgehead atoms. The highest BCUT2D eigenvalue weighted by molar-refractivity contribution is 7.07. The van der Waals surface area contributed by atoms with Gasteiger partial charge in [-0.15, -0.1) is 0 Å². The van der Waals surface area contributed by atoms with Crippen LogP contribution in [0.4, 0.5) is 8.78 Å². The Kier molecular flexibility index (Phi) is 4.73. The van der Waals surface area contributed by atoms with Crippen molar-refractivity contribution in [3.63, 3.8) is 0 Å². The van der Waals surface area contributed by atoms with Gasteiger partial charge in [0.05, 0.1) is 0 Å². The highest BCUT2D eigenvalue weighted by Gasteiger charge is 2.37. The Morgan fingerprint density at radius 2 is 2.17 bits per heavy atom. The van der Waals surface area contributed by atoms with E-state index < -0.39 is 5.92 Å². The van der Waals surface area contributed by atoms with Gasteiger partial charge >= 0.3 is 0 Å². The molecule has 1 aliphatic rings. The van der Waals surface area contributed by atoms with Crippen molar-refractivity contribution < 1.29 is 8.78 Å². The van der Waals surface area contributed by atoms with Gasteiger partial charge in [0, 0.05) is 18.9 Å². The van der Waals surface area contributed by atoms with Gasteiger partial charge in [0.15, 0.2) is 0 Å². The van der Waals surface area contributed by atoms with Gasteiger partial charge < -0.3 is 5.32 Å². The van der Waals surface area contributed by atoms with Crippen LogP contribution in [0.2, 0.25) is 0 Å². The van der Waals surface area contributed by atoms with Crippen LogP contribution in [0.1, 0.15) is 38.2 Å². The minimum atomic E-state index is -2.42.